The van der Waals surface area contributed by atoms with Crippen LogP contribution in [0, 0.1) is 13.8 Å². The van der Waals surface area contributed by atoms with E-state index in [1.54, 1.807) is 9.42 Å². The molecule has 0 unspecified atom stereocenters. The maximum atomic E-state index is 13.2. The van der Waals surface area contributed by atoms with Crippen LogP contribution in [0.4, 0.5) is 0 Å². The fourth-order valence-corrected chi connectivity index (χ4v) is 3.82. The number of aryl methyl sites for hydroxylation is 2. The smallest absolute Gasteiger partial charge is 0.290 e. The van der Waals surface area contributed by atoms with Gasteiger partial charge in [0.15, 0.2) is 5.65 Å². The van der Waals surface area contributed by atoms with Crippen LogP contribution in [-0.4, -0.2) is 56.2 Å². The molecule has 0 bridgehead atoms. The number of carboxylic acid groups (broad SMARTS) is 1. The number of nitrogens with zero attached hydrogens (tertiary/aromatic N) is 4. The van der Waals surface area contributed by atoms with E-state index in [0.717, 1.165) is 41.4 Å². The highest BCUT2D eigenvalue weighted by Gasteiger charge is 2.32. The number of carbonyl (C=O) groups is 2. The molecule has 2 aliphatic heterocycles. The van der Waals surface area contributed by atoms with E-state index >= 15 is 0 Å². The van der Waals surface area contributed by atoms with Gasteiger partial charge < -0.3 is 20.1 Å². The molecule has 2 aliphatic rings. The van der Waals surface area contributed by atoms with E-state index in [-0.39, 0.29) is 18.5 Å². The molecule has 1 saturated heterocycles. The predicted molar refractivity (Wildman–Crippen MR) is 113 cm³/mol. The van der Waals surface area contributed by atoms with Crippen molar-refractivity contribution in [1.82, 2.24) is 24.8 Å². The molecule has 31 heavy (non-hydrogen) atoms. The Balaban J connectivity index is 0.000000730. The fraction of sp³-hybridized carbons (Fsp3) is 0.333. The van der Waals surface area contributed by atoms with Crippen molar-refractivity contribution in [2.24, 2.45) is 0 Å². The lowest BCUT2D eigenvalue weighted by molar-refractivity contribution is -0.122. The van der Waals surface area contributed by atoms with Gasteiger partial charge in [0, 0.05) is 18.7 Å². The van der Waals surface area contributed by atoms with E-state index in [2.05, 4.69) is 15.4 Å². The second-order valence-corrected chi connectivity index (χ2v) is 7.80. The summed E-state index contributed by atoms with van der Waals surface area (Å²) < 4.78 is 7.76. The van der Waals surface area contributed by atoms with Crippen molar-refractivity contribution in [2.75, 3.05) is 13.1 Å². The van der Waals surface area contributed by atoms with Crippen LogP contribution in [0.3, 0.4) is 0 Å². The molecule has 10 heteroatoms. The van der Waals surface area contributed by atoms with Gasteiger partial charge in [0.1, 0.15) is 11.9 Å². The minimum atomic E-state index is -0.250. The first-order chi connectivity index (χ1) is 14.9. The summed E-state index contributed by atoms with van der Waals surface area (Å²) in [5, 5.41) is 15.3. The molecule has 1 fully saturated rings. The highest BCUT2D eigenvalue weighted by molar-refractivity contribution is 6.31. The molecular formula is C21H22ClN5O4. The number of aromatic nitrogens is 3. The quantitative estimate of drug-likeness (QED) is 0.597. The Kier molecular flexibility index (Phi) is 5.79. The van der Waals surface area contributed by atoms with Gasteiger partial charge in [-0.25, -0.2) is 9.50 Å². The van der Waals surface area contributed by atoms with Gasteiger partial charge in [-0.15, -0.1) is 0 Å². The number of rotatable bonds is 3. The number of fused-ring (bicyclic) bond motifs is 3. The van der Waals surface area contributed by atoms with Gasteiger partial charge in [0.05, 0.1) is 40.8 Å². The average molecular weight is 444 g/mol. The third-order valence-corrected chi connectivity index (χ3v) is 5.95. The summed E-state index contributed by atoms with van der Waals surface area (Å²) in [5.41, 5.74) is 4.84. The summed E-state index contributed by atoms with van der Waals surface area (Å²) in [4.78, 5) is 28.0. The number of halogens is 1. The van der Waals surface area contributed by atoms with Gasteiger partial charge in [0.2, 0.25) is 0 Å². The minimum Gasteiger partial charge on any atom is -0.487 e. The predicted octanol–water partition coefficient (Wildman–Crippen LogP) is 2.21. The molecule has 2 N–H and O–H groups in total. The number of benzene rings is 1. The molecule has 162 valence electrons. The molecule has 1 amide bonds. The number of ether oxygens (including phenoxy) is 1. The molecule has 4 heterocycles. The Morgan fingerprint density at radius 1 is 1.29 bits per heavy atom. The van der Waals surface area contributed by atoms with Gasteiger partial charge in [-0.05, 0) is 26.0 Å². The Labute approximate surface area is 183 Å². The van der Waals surface area contributed by atoms with E-state index in [1.807, 2.05) is 38.1 Å². The summed E-state index contributed by atoms with van der Waals surface area (Å²) in [5.74, 6) is 0.579. The fourth-order valence-electron chi connectivity index (χ4n) is 3.70. The molecule has 0 saturated carbocycles. The lowest BCUT2D eigenvalue weighted by Crippen LogP contribution is -2.50. The van der Waals surface area contributed by atoms with Crippen LogP contribution < -0.4 is 10.1 Å². The molecule has 9 nitrogen and oxygen atoms in total. The van der Waals surface area contributed by atoms with Crippen molar-refractivity contribution in [3.63, 3.8) is 0 Å². The van der Waals surface area contributed by atoms with E-state index in [1.165, 1.54) is 0 Å². The zero-order valence-electron chi connectivity index (χ0n) is 17.1. The molecule has 0 radical (unpaired) electrons. The zero-order valence-corrected chi connectivity index (χ0v) is 17.9. The summed E-state index contributed by atoms with van der Waals surface area (Å²) >= 11 is 6.31. The van der Waals surface area contributed by atoms with E-state index < -0.39 is 0 Å². The molecule has 2 aromatic heterocycles. The van der Waals surface area contributed by atoms with Crippen molar-refractivity contribution in [3.05, 3.63) is 57.5 Å². The summed E-state index contributed by atoms with van der Waals surface area (Å²) in [6, 6.07) is 7.43. The van der Waals surface area contributed by atoms with Crippen LogP contribution >= 0.6 is 11.6 Å². The Morgan fingerprint density at radius 3 is 2.68 bits per heavy atom. The van der Waals surface area contributed by atoms with Gasteiger partial charge in [-0.2, -0.15) is 5.10 Å². The molecule has 3 aromatic rings. The van der Waals surface area contributed by atoms with Crippen LogP contribution in [0.15, 0.2) is 24.3 Å². The molecule has 0 aliphatic carbocycles. The zero-order chi connectivity index (χ0) is 22.1. The van der Waals surface area contributed by atoms with Crippen LogP contribution in [-0.2, 0) is 17.9 Å². The largest absolute Gasteiger partial charge is 0.487 e. The Morgan fingerprint density at radius 2 is 2.00 bits per heavy atom. The number of para-hydroxylation sites is 1. The van der Waals surface area contributed by atoms with Crippen LogP contribution in [0.5, 0.6) is 5.75 Å². The molecule has 0 spiro atoms. The van der Waals surface area contributed by atoms with Crippen LogP contribution in [0.25, 0.3) is 5.65 Å². The second-order valence-electron chi connectivity index (χ2n) is 7.42. The number of amides is 1. The van der Waals surface area contributed by atoms with E-state index in [0.29, 0.717) is 29.4 Å². The Bertz CT molecular complexity index is 1160. The highest BCUT2D eigenvalue weighted by atomic mass is 35.5. The molecule has 5 rings (SSSR count). The normalized spacial score (nSPS) is 15.1. The SMILES string of the molecule is Cc1nc2c3c(nn2c(C)c1Cl)CN(C(=O)c1ccccc1OC1CNC1)C3.O=CO. The third-order valence-electron chi connectivity index (χ3n) is 5.40. The van der Waals surface area contributed by atoms with Crippen molar-refractivity contribution in [2.45, 2.75) is 33.0 Å². The van der Waals surface area contributed by atoms with Crippen molar-refractivity contribution >= 4 is 29.6 Å². The van der Waals surface area contributed by atoms with Crippen LogP contribution in [0.2, 0.25) is 5.02 Å². The lowest BCUT2D eigenvalue weighted by Gasteiger charge is -2.29. The average Bonchev–Trinajstić information content (AvgIpc) is 3.28. The first kappa shape index (κ1) is 21.1. The number of hydrogen-bond acceptors (Lipinski definition) is 6. The van der Waals surface area contributed by atoms with Gasteiger partial charge >= 0.3 is 0 Å². The topological polar surface area (TPSA) is 109 Å². The van der Waals surface area contributed by atoms with Gasteiger partial charge in [0.25, 0.3) is 12.4 Å². The summed E-state index contributed by atoms with van der Waals surface area (Å²) in [6.45, 7) is 6.11. The summed E-state index contributed by atoms with van der Waals surface area (Å²) in [6.07, 6.45) is 0.119. The van der Waals surface area contributed by atoms with Crippen molar-refractivity contribution in [3.8, 4) is 5.75 Å². The number of hydrogen-bond donors (Lipinski definition) is 2. The highest BCUT2D eigenvalue weighted by Crippen LogP contribution is 2.31. The van der Waals surface area contributed by atoms with E-state index in [9.17, 15) is 4.79 Å². The van der Waals surface area contributed by atoms with E-state index in [4.69, 9.17) is 26.2 Å². The lowest BCUT2D eigenvalue weighted by atomic mass is 10.1. The molecule has 1 aromatic carbocycles. The Hall–Kier alpha value is -3.17. The maximum absolute atomic E-state index is 13.2. The monoisotopic (exact) mass is 443 g/mol. The minimum absolute atomic E-state index is 0.0542. The standard InChI is InChI=1S/C20H20ClN5O2.CH2O2/c1-11-18(21)12(2)26-19(23-11)15-9-25(10-16(15)24-26)20(27)14-5-3-4-6-17(14)28-13-7-22-8-13;2-1-3/h3-6,13,22H,7-10H2,1-2H3;1H,(H,2,3). The second kappa shape index (κ2) is 8.52. The number of carbonyl (C=O) groups excluding carboxylic acids is 1. The number of nitrogens with one attached hydrogen (secondary N) is 1. The summed E-state index contributed by atoms with van der Waals surface area (Å²) in [7, 11) is 0. The maximum Gasteiger partial charge on any atom is 0.290 e. The van der Waals surface area contributed by atoms with Gasteiger partial charge in [-0.3, -0.25) is 9.59 Å². The van der Waals surface area contributed by atoms with Crippen molar-refractivity contribution in [1.29, 1.82) is 0 Å². The molecular weight excluding hydrogens is 422 g/mol. The van der Waals surface area contributed by atoms with Crippen molar-refractivity contribution < 1.29 is 19.4 Å². The van der Waals surface area contributed by atoms with Crippen LogP contribution in [0.1, 0.15) is 33.0 Å². The first-order valence-electron chi connectivity index (χ1n) is 9.81. The first-order valence-corrected chi connectivity index (χ1v) is 10.2. The van der Waals surface area contributed by atoms with Gasteiger partial charge in [-0.1, -0.05) is 23.7 Å². The third kappa shape index (κ3) is 3.82. The molecule has 0 atom stereocenters.